The van der Waals surface area contributed by atoms with E-state index >= 15 is 0 Å². The van der Waals surface area contributed by atoms with Crippen molar-refractivity contribution in [1.82, 2.24) is 0 Å². The zero-order chi connectivity index (χ0) is 9.42. The van der Waals surface area contributed by atoms with Crippen LogP contribution in [0.4, 0.5) is 0 Å². The van der Waals surface area contributed by atoms with Gasteiger partial charge in [0.05, 0.1) is 0 Å². The molecule has 0 atom stereocenters. The summed E-state index contributed by atoms with van der Waals surface area (Å²) < 4.78 is 1.08. The van der Waals surface area contributed by atoms with Crippen molar-refractivity contribution in [3.63, 3.8) is 0 Å². The molecule has 1 amide bonds. The first-order valence-electron chi connectivity index (χ1n) is 4.27. The second-order valence-corrected chi connectivity index (χ2v) is 4.23. The quantitative estimate of drug-likeness (QED) is 0.847. The van der Waals surface area contributed by atoms with E-state index in [1.54, 1.807) is 6.07 Å². The molecule has 0 aliphatic heterocycles. The Labute approximate surface area is 85.3 Å². The number of benzene rings is 1. The minimum atomic E-state index is -0.352. The van der Waals surface area contributed by atoms with Crippen molar-refractivity contribution in [3.05, 3.63) is 33.8 Å². The van der Waals surface area contributed by atoms with Gasteiger partial charge in [-0.25, -0.2) is 0 Å². The highest BCUT2D eigenvalue weighted by Gasteiger charge is 2.25. The van der Waals surface area contributed by atoms with E-state index in [4.69, 9.17) is 5.73 Å². The maximum Gasteiger partial charge on any atom is 0.248 e. The molecule has 1 fully saturated rings. The number of rotatable bonds is 2. The fourth-order valence-corrected chi connectivity index (χ4v) is 1.97. The summed E-state index contributed by atoms with van der Waals surface area (Å²) in [6, 6.07) is 5.54. The summed E-state index contributed by atoms with van der Waals surface area (Å²) >= 11 is 3.47. The molecule has 68 valence electrons. The van der Waals surface area contributed by atoms with Gasteiger partial charge < -0.3 is 5.73 Å². The second kappa shape index (κ2) is 3.14. The van der Waals surface area contributed by atoms with E-state index in [-0.39, 0.29) is 5.91 Å². The SMILES string of the molecule is NC(=O)c1ccc(Br)c(C2CC2)c1. The molecule has 1 aliphatic carbocycles. The molecule has 2 N–H and O–H groups in total. The molecular weight excluding hydrogens is 230 g/mol. The Balaban J connectivity index is 2.41. The molecule has 1 aliphatic rings. The van der Waals surface area contributed by atoms with Crippen LogP contribution < -0.4 is 5.73 Å². The van der Waals surface area contributed by atoms with Crippen LogP contribution in [-0.2, 0) is 0 Å². The summed E-state index contributed by atoms with van der Waals surface area (Å²) in [6.07, 6.45) is 2.45. The summed E-state index contributed by atoms with van der Waals surface area (Å²) in [4.78, 5) is 10.9. The fraction of sp³-hybridized carbons (Fsp3) is 0.300. The van der Waals surface area contributed by atoms with Gasteiger partial charge in [-0.2, -0.15) is 0 Å². The average Bonchev–Trinajstić information content (AvgIpc) is 2.87. The molecule has 13 heavy (non-hydrogen) atoms. The third kappa shape index (κ3) is 1.75. The van der Waals surface area contributed by atoms with Gasteiger partial charge in [-0.1, -0.05) is 15.9 Å². The number of amides is 1. The first-order chi connectivity index (χ1) is 6.18. The molecule has 0 spiro atoms. The Morgan fingerprint density at radius 3 is 2.69 bits per heavy atom. The van der Waals surface area contributed by atoms with E-state index < -0.39 is 0 Å². The first-order valence-corrected chi connectivity index (χ1v) is 5.07. The molecule has 3 heteroatoms. The largest absolute Gasteiger partial charge is 0.366 e. The molecule has 1 aromatic rings. The number of halogens is 1. The molecule has 0 saturated heterocycles. The number of hydrogen-bond donors (Lipinski definition) is 1. The highest BCUT2D eigenvalue weighted by Crippen LogP contribution is 2.43. The summed E-state index contributed by atoms with van der Waals surface area (Å²) in [6.45, 7) is 0. The van der Waals surface area contributed by atoms with Crippen molar-refractivity contribution in [2.45, 2.75) is 18.8 Å². The summed E-state index contributed by atoms with van der Waals surface area (Å²) in [5, 5.41) is 0. The van der Waals surface area contributed by atoms with Crippen LogP contribution in [0, 0.1) is 0 Å². The molecule has 1 aromatic carbocycles. The van der Waals surface area contributed by atoms with E-state index in [1.807, 2.05) is 12.1 Å². The smallest absolute Gasteiger partial charge is 0.248 e. The highest BCUT2D eigenvalue weighted by molar-refractivity contribution is 9.10. The second-order valence-electron chi connectivity index (χ2n) is 3.37. The molecule has 0 radical (unpaired) electrons. The Kier molecular flexibility index (Phi) is 2.12. The number of carbonyl (C=O) groups excluding carboxylic acids is 1. The van der Waals surface area contributed by atoms with Crippen LogP contribution >= 0.6 is 15.9 Å². The monoisotopic (exact) mass is 239 g/mol. The third-order valence-corrected chi connectivity index (χ3v) is 3.02. The average molecular weight is 240 g/mol. The van der Waals surface area contributed by atoms with Gasteiger partial charge in [-0.3, -0.25) is 4.79 Å². The van der Waals surface area contributed by atoms with Crippen LogP contribution in [0.5, 0.6) is 0 Å². The van der Waals surface area contributed by atoms with Crippen LogP contribution in [0.2, 0.25) is 0 Å². The number of nitrogens with two attached hydrogens (primary N) is 1. The minimum absolute atomic E-state index is 0.352. The first kappa shape index (κ1) is 8.75. The number of carbonyl (C=O) groups is 1. The summed E-state index contributed by atoms with van der Waals surface area (Å²) in [5.74, 6) is 0.281. The van der Waals surface area contributed by atoms with Crippen molar-refractivity contribution in [2.75, 3.05) is 0 Å². The van der Waals surface area contributed by atoms with Gasteiger partial charge in [-0.15, -0.1) is 0 Å². The molecule has 0 unspecified atom stereocenters. The van der Waals surface area contributed by atoms with E-state index in [2.05, 4.69) is 15.9 Å². The fourth-order valence-electron chi connectivity index (χ4n) is 1.40. The van der Waals surface area contributed by atoms with Gasteiger partial charge in [-0.05, 0) is 42.5 Å². The number of hydrogen-bond acceptors (Lipinski definition) is 1. The Morgan fingerprint density at radius 1 is 1.46 bits per heavy atom. The molecule has 1 saturated carbocycles. The highest BCUT2D eigenvalue weighted by atomic mass is 79.9. The van der Waals surface area contributed by atoms with Gasteiger partial charge in [0.2, 0.25) is 5.91 Å². The van der Waals surface area contributed by atoms with Gasteiger partial charge in [0.1, 0.15) is 0 Å². The maximum atomic E-state index is 10.9. The standard InChI is InChI=1S/C10H10BrNO/c11-9-4-3-7(10(12)13)5-8(9)6-1-2-6/h3-6H,1-2H2,(H2,12,13). The minimum Gasteiger partial charge on any atom is -0.366 e. The third-order valence-electron chi connectivity index (χ3n) is 2.30. The zero-order valence-corrected chi connectivity index (χ0v) is 8.67. The van der Waals surface area contributed by atoms with E-state index in [0.717, 1.165) is 4.47 Å². The van der Waals surface area contributed by atoms with Crippen LogP contribution in [0.3, 0.4) is 0 Å². The topological polar surface area (TPSA) is 43.1 Å². The molecule has 0 aromatic heterocycles. The van der Waals surface area contributed by atoms with E-state index in [0.29, 0.717) is 11.5 Å². The Morgan fingerprint density at radius 2 is 2.15 bits per heavy atom. The van der Waals surface area contributed by atoms with Crippen molar-refractivity contribution >= 4 is 21.8 Å². The Hall–Kier alpha value is -0.830. The normalized spacial score (nSPS) is 15.8. The van der Waals surface area contributed by atoms with E-state index in [1.165, 1.54) is 18.4 Å². The van der Waals surface area contributed by atoms with Gasteiger partial charge in [0.25, 0.3) is 0 Å². The van der Waals surface area contributed by atoms with Crippen molar-refractivity contribution in [1.29, 1.82) is 0 Å². The maximum absolute atomic E-state index is 10.9. The molecular formula is C10H10BrNO. The lowest BCUT2D eigenvalue weighted by Gasteiger charge is -2.03. The van der Waals surface area contributed by atoms with Crippen molar-refractivity contribution in [3.8, 4) is 0 Å². The summed E-state index contributed by atoms with van der Waals surface area (Å²) in [7, 11) is 0. The summed E-state index contributed by atoms with van der Waals surface area (Å²) in [5.41, 5.74) is 7.02. The van der Waals surface area contributed by atoms with E-state index in [9.17, 15) is 4.79 Å². The van der Waals surface area contributed by atoms with Crippen molar-refractivity contribution < 1.29 is 4.79 Å². The molecule has 2 nitrogen and oxygen atoms in total. The zero-order valence-electron chi connectivity index (χ0n) is 7.09. The van der Waals surface area contributed by atoms with Gasteiger partial charge >= 0.3 is 0 Å². The molecule has 2 rings (SSSR count). The molecule has 0 heterocycles. The lowest BCUT2D eigenvalue weighted by molar-refractivity contribution is 0.1000. The number of primary amides is 1. The Bertz CT molecular complexity index is 358. The lowest BCUT2D eigenvalue weighted by Crippen LogP contribution is -2.11. The van der Waals surface area contributed by atoms with Crippen LogP contribution in [-0.4, -0.2) is 5.91 Å². The van der Waals surface area contributed by atoms with Crippen LogP contribution in [0.25, 0.3) is 0 Å². The van der Waals surface area contributed by atoms with Crippen LogP contribution in [0.1, 0.15) is 34.7 Å². The molecule has 0 bridgehead atoms. The van der Waals surface area contributed by atoms with Gasteiger partial charge in [0, 0.05) is 10.0 Å². The van der Waals surface area contributed by atoms with Crippen LogP contribution in [0.15, 0.2) is 22.7 Å². The van der Waals surface area contributed by atoms with Gasteiger partial charge in [0.15, 0.2) is 0 Å². The predicted octanol–water partition coefficient (Wildman–Crippen LogP) is 2.43. The lowest BCUT2D eigenvalue weighted by atomic mass is 10.1. The van der Waals surface area contributed by atoms with Crippen molar-refractivity contribution in [2.24, 2.45) is 5.73 Å². The predicted molar refractivity (Wildman–Crippen MR) is 54.6 cm³/mol.